The lowest BCUT2D eigenvalue weighted by Crippen LogP contribution is -2.26. The highest BCUT2D eigenvalue weighted by Crippen LogP contribution is 2.19. The van der Waals surface area contributed by atoms with Crippen LogP contribution in [0.4, 0.5) is 0 Å². The molecule has 1 aliphatic carbocycles. The van der Waals surface area contributed by atoms with Gasteiger partial charge in [-0.15, -0.1) is 12.4 Å². The van der Waals surface area contributed by atoms with Gasteiger partial charge in [0.15, 0.2) is 5.96 Å². The number of nitrogens with zero attached hydrogens (tertiary/aromatic N) is 1. The van der Waals surface area contributed by atoms with Crippen LogP contribution in [0.2, 0.25) is 0 Å². The second-order valence-corrected chi connectivity index (χ2v) is 2.85. The minimum atomic E-state index is 0. The third-order valence-electron chi connectivity index (χ3n) is 1.91. The van der Waals surface area contributed by atoms with Crippen LogP contribution in [0.1, 0.15) is 32.1 Å². The van der Waals surface area contributed by atoms with Crippen LogP contribution in [0, 0.1) is 0 Å². The van der Waals surface area contributed by atoms with E-state index >= 15 is 0 Å². The molecule has 11 heavy (non-hydrogen) atoms. The normalized spacial score (nSPS) is 18.5. The number of hydrogen-bond acceptors (Lipinski definition) is 1. The van der Waals surface area contributed by atoms with Gasteiger partial charge in [0.05, 0.1) is 6.04 Å². The van der Waals surface area contributed by atoms with E-state index in [0.717, 1.165) is 12.8 Å². The van der Waals surface area contributed by atoms with Crippen LogP contribution in [0.25, 0.3) is 0 Å². The highest BCUT2D eigenvalue weighted by molar-refractivity contribution is 5.85. The minimum Gasteiger partial charge on any atom is -0.370 e. The van der Waals surface area contributed by atoms with Gasteiger partial charge in [-0.2, -0.15) is 0 Å². The summed E-state index contributed by atoms with van der Waals surface area (Å²) in [6.07, 6.45) is 6.23. The molecule has 1 rings (SSSR count). The van der Waals surface area contributed by atoms with E-state index in [0.29, 0.717) is 6.04 Å². The zero-order valence-electron chi connectivity index (χ0n) is 6.62. The first kappa shape index (κ1) is 10.6. The van der Waals surface area contributed by atoms with Crippen molar-refractivity contribution in [2.45, 2.75) is 38.1 Å². The van der Waals surface area contributed by atoms with Crippen molar-refractivity contribution in [1.29, 1.82) is 0 Å². The van der Waals surface area contributed by atoms with Crippen LogP contribution in [-0.4, -0.2) is 12.0 Å². The van der Waals surface area contributed by atoms with Crippen LogP contribution in [-0.2, 0) is 0 Å². The predicted molar refractivity (Wildman–Crippen MR) is 49.9 cm³/mol. The van der Waals surface area contributed by atoms with E-state index in [1.54, 1.807) is 0 Å². The SMILES string of the molecule is Cl.NC(N)=NC1CCCCC1. The van der Waals surface area contributed by atoms with Crippen molar-refractivity contribution < 1.29 is 0 Å². The molecule has 0 aromatic heterocycles. The van der Waals surface area contributed by atoms with Gasteiger partial charge < -0.3 is 11.5 Å². The standard InChI is InChI=1S/C7H15N3.ClH/c8-7(9)10-6-4-2-1-3-5-6;/h6H,1-5H2,(H4,8,9,10);1H. The van der Waals surface area contributed by atoms with E-state index < -0.39 is 0 Å². The van der Waals surface area contributed by atoms with Gasteiger partial charge in [-0.25, -0.2) is 0 Å². The quantitative estimate of drug-likeness (QED) is 0.464. The molecule has 66 valence electrons. The zero-order chi connectivity index (χ0) is 7.40. The number of aliphatic imine (C=N–C) groups is 1. The number of nitrogens with two attached hydrogens (primary N) is 2. The molecule has 0 saturated heterocycles. The lowest BCUT2D eigenvalue weighted by molar-refractivity contribution is 0.443. The zero-order valence-corrected chi connectivity index (χ0v) is 7.44. The Hall–Kier alpha value is -0.440. The van der Waals surface area contributed by atoms with Crippen molar-refractivity contribution in [2.24, 2.45) is 16.5 Å². The van der Waals surface area contributed by atoms with Gasteiger partial charge in [0.2, 0.25) is 0 Å². The lowest BCUT2D eigenvalue weighted by atomic mass is 9.96. The Labute approximate surface area is 73.7 Å². The Morgan fingerprint density at radius 1 is 1.09 bits per heavy atom. The molecule has 3 nitrogen and oxygen atoms in total. The van der Waals surface area contributed by atoms with Crippen molar-refractivity contribution in [3.05, 3.63) is 0 Å². The number of rotatable bonds is 1. The van der Waals surface area contributed by atoms with Gasteiger partial charge in [-0.3, -0.25) is 4.99 Å². The molecule has 0 radical (unpaired) electrons. The minimum absolute atomic E-state index is 0. The number of guanidine groups is 1. The molecular weight excluding hydrogens is 162 g/mol. The highest BCUT2D eigenvalue weighted by Gasteiger charge is 2.11. The van der Waals surface area contributed by atoms with Gasteiger partial charge in [0.1, 0.15) is 0 Å². The fourth-order valence-electron chi connectivity index (χ4n) is 1.42. The number of halogens is 1. The molecule has 0 amide bonds. The van der Waals surface area contributed by atoms with E-state index in [1.807, 2.05) is 0 Å². The van der Waals surface area contributed by atoms with Crippen molar-refractivity contribution in [3.8, 4) is 0 Å². The molecule has 0 heterocycles. The van der Waals surface area contributed by atoms with Crippen molar-refractivity contribution in [1.82, 2.24) is 0 Å². The van der Waals surface area contributed by atoms with Gasteiger partial charge >= 0.3 is 0 Å². The average molecular weight is 178 g/mol. The fourth-order valence-corrected chi connectivity index (χ4v) is 1.42. The van der Waals surface area contributed by atoms with Crippen molar-refractivity contribution >= 4 is 18.4 Å². The first-order chi connectivity index (χ1) is 4.79. The molecule has 0 aromatic rings. The summed E-state index contributed by atoms with van der Waals surface area (Å²) in [4.78, 5) is 4.11. The Balaban J connectivity index is 0.000001000. The molecule has 0 unspecified atom stereocenters. The van der Waals surface area contributed by atoms with Crippen LogP contribution in [0.3, 0.4) is 0 Å². The summed E-state index contributed by atoms with van der Waals surface area (Å²) >= 11 is 0. The topological polar surface area (TPSA) is 64.4 Å². The maximum atomic E-state index is 5.25. The second kappa shape index (κ2) is 5.24. The molecular formula is C7H16ClN3. The molecule has 0 bridgehead atoms. The maximum absolute atomic E-state index is 5.25. The van der Waals surface area contributed by atoms with E-state index in [4.69, 9.17) is 11.5 Å². The predicted octanol–water partition coefficient (Wildman–Crippen LogP) is 1.01. The van der Waals surface area contributed by atoms with Crippen LogP contribution in [0.5, 0.6) is 0 Å². The van der Waals surface area contributed by atoms with Crippen molar-refractivity contribution in [3.63, 3.8) is 0 Å². The molecule has 0 spiro atoms. The van der Waals surface area contributed by atoms with E-state index in [1.165, 1.54) is 19.3 Å². The largest absolute Gasteiger partial charge is 0.370 e. The van der Waals surface area contributed by atoms with Gasteiger partial charge in [-0.1, -0.05) is 19.3 Å². The first-order valence-corrected chi connectivity index (χ1v) is 3.88. The van der Waals surface area contributed by atoms with Crippen LogP contribution < -0.4 is 11.5 Å². The summed E-state index contributed by atoms with van der Waals surface area (Å²) in [5, 5.41) is 0. The molecule has 1 fully saturated rings. The Morgan fingerprint density at radius 2 is 1.64 bits per heavy atom. The summed E-state index contributed by atoms with van der Waals surface area (Å²) in [5.41, 5.74) is 10.5. The third kappa shape index (κ3) is 4.09. The summed E-state index contributed by atoms with van der Waals surface area (Å²) in [5.74, 6) is 0.243. The van der Waals surface area contributed by atoms with Gasteiger partial charge in [0.25, 0.3) is 0 Å². The Kier molecular flexibility index (Phi) is 5.03. The summed E-state index contributed by atoms with van der Waals surface area (Å²) < 4.78 is 0. The van der Waals surface area contributed by atoms with E-state index in [2.05, 4.69) is 4.99 Å². The molecule has 0 aliphatic heterocycles. The van der Waals surface area contributed by atoms with Gasteiger partial charge in [0, 0.05) is 0 Å². The molecule has 4 N–H and O–H groups in total. The van der Waals surface area contributed by atoms with E-state index in [-0.39, 0.29) is 18.4 Å². The fraction of sp³-hybridized carbons (Fsp3) is 0.857. The molecule has 0 atom stereocenters. The lowest BCUT2D eigenvalue weighted by Gasteiger charge is -2.17. The number of hydrogen-bond donors (Lipinski definition) is 2. The molecule has 4 heteroatoms. The first-order valence-electron chi connectivity index (χ1n) is 3.88. The summed E-state index contributed by atoms with van der Waals surface area (Å²) in [6, 6.07) is 0.416. The third-order valence-corrected chi connectivity index (χ3v) is 1.91. The van der Waals surface area contributed by atoms with Crippen LogP contribution in [0.15, 0.2) is 4.99 Å². The highest BCUT2D eigenvalue weighted by atomic mass is 35.5. The summed E-state index contributed by atoms with van der Waals surface area (Å²) in [6.45, 7) is 0. The molecule has 1 saturated carbocycles. The monoisotopic (exact) mass is 177 g/mol. The molecule has 1 aliphatic rings. The van der Waals surface area contributed by atoms with Crippen molar-refractivity contribution in [2.75, 3.05) is 0 Å². The Bertz CT molecular complexity index is 126. The maximum Gasteiger partial charge on any atom is 0.186 e. The average Bonchev–Trinajstić information content (AvgIpc) is 1.88. The van der Waals surface area contributed by atoms with Crippen LogP contribution >= 0.6 is 12.4 Å². The van der Waals surface area contributed by atoms with Gasteiger partial charge in [-0.05, 0) is 12.8 Å². The second-order valence-electron chi connectivity index (χ2n) is 2.85. The summed E-state index contributed by atoms with van der Waals surface area (Å²) in [7, 11) is 0. The molecule has 0 aromatic carbocycles. The smallest absolute Gasteiger partial charge is 0.186 e. The Morgan fingerprint density at radius 3 is 2.09 bits per heavy atom. The van der Waals surface area contributed by atoms with E-state index in [9.17, 15) is 0 Å².